The minimum absolute atomic E-state index is 0.169. The molecule has 1 unspecified atom stereocenters. The molecule has 0 bridgehead atoms. The van der Waals surface area contributed by atoms with Crippen LogP contribution in [-0.4, -0.2) is 30.4 Å². The molecule has 134 valence electrons. The van der Waals surface area contributed by atoms with Gasteiger partial charge in [0.05, 0.1) is 0 Å². The molecule has 3 amide bonds. The van der Waals surface area contributed by atoms with Crippen LogP contribution in [0.2, 0.25) is 0 Å². The number of rotatable bonds is 5. The van der Waals surface area contributed by atoms with Crippen LogP contribution in [0.1, 0.15) is 12.8 Å². The molecular formula is C19H19N3O4. The van der Waals surface area contributed by atoms with Gasteiger partial charge in [0, 0.05) is 12.0 Å². The molecular weight excluding hydrogens is 334 g/mol. The van der Waals surface area contributed by atoms with Gasteiger partial charge in [0.2, 0.25) is 5.91 Å². The molecule has 0 spiro atoms. The first-order valence-corrected chi connectivity index (χ1v) is 8.29. The van der Waals surface area contributed by atoms with Crippen molar-refractivity contribution in [1.29, 1.82) is 0 Å². The molecule has 3 rings (SSSR count). The summed E-state index contributed by atoms with van der Waals surface area (Å²) in [7, 11) is 0. The second-order valence-corrected chi connectivity index (χ2v) is 5.85. The Labute approximate surface area is 150 Å². The Kier molecular flexibility index (Phi) is 5.48. The van der Waals surface area contributed by atoms with Crippen molar-refractivity contribution in [1.82, 2.24) is 16.2 Å². The van der Waals surface area contributed by atoms with E-state index in [1.54, 1.807) is 6.07 Å². The van der Waals surface area contributed by atoms with Crippen LogP contribution < -0.4 is 20.9 Å². The predicted molar refractivity (Wildman–Crippen MR) is 94.8 cm³/mol. The van der Waals surface area contributed by atoms with E-state index >= 15 is 0 Å². The molecule has 1 saturated heterocycles. The van der Waals surface area contributed by atoms with Crippen molar-refractivity contribution in [2.75, 3.05) is 6.61 Å². The van der Waals surface area contributed by atoms with Crippen molar-refractivity contribution in [3.05, 3.63) is 54.6 Å². The standard InChI is InChI=1S/C19H19N3O4/c23-17-11-10-15(20-17)19(25)22-21-18(24)12-26-16-9-5-4-8-14(16)13-6-2-1-3-7-13/h1-9,15H,10-12H2,(H,20,23)(H,21,24)(H,22,25). The molecule has 1 aliphatic heterocycles. The number of hydrogen-bond donors (Lipinski definition) is 3. The second-order valence-electron chi connectivity index (χ2n) is 5.85. The fraction of sp³-hybridized carbons (Fsp3) is 0.211. The molecule has 1 atom stereocenters. The van der Waals surface area contributed by atoms with E-state index in [4.69, 9.17) is 4.74 Å². The van der Waals surface area contributed by atoms with Crippen molar-refractivity contribution in [2.24, 2.45) is 0 Å². The first kappa shape index (κ1) is 17.5. The molecule has 0 radical (unpaired) electrons. The van der Waals surface area contributed by atoms with E-state index < -0.39 is 17.9 Å². The lowest BCUT2D eigenvalue weighted by Crippen LogP contribution is -2.50. The highest BCUT2D eigenvalue weighted by Crippen LogP contribution is 2.29. The number of carbonyl (C=O) groups excluding carboxylic acids is 3. The summed E-state index contributed by atoms with van der Waals surface area (Å²) < 4.78 is 5.60. The number of carbonyl (C=O) groups is 3. The number of amides is 3. The third-order valence-corrected chi connectivity index (χ3v) is 3.97. The van der Waals surface area contributed by atoms with Gasteiger partial charge in [0.1, 0.15) is 11.8 Å². The van der Waals surface area contributed by atoms with Crippen molar-refractivity contribution in [2.45, 2.75) is 18.9 Å². The molecule has 0 saturated carbocycles. The molecule has 0 aromatic heterocycles. The van der Waals surface area contributed by atoms with Crippen molar-refractivity contribution in [3.8, 4) is 16.9 Å². The maximum atomic E-state index is 11.9. The normalized spacial score (nSPS) is 15.8. The predicted octanol–water partition coefficient (Wildman–Crippen LogP) is 1.16. The van der Waals surface area contributed by atoms with Crippen LogP contribution in [0, 0.1) is 0 Å². The molecule has 2 aromatic carbocycles. The summed E-state index contributed by atoms with van der Waals surface area (Å²) in [5, 5.41) is 2.53. The molecule has 2 aromatic rings. The lowest BCUT2D eigenvalue weighted by Gasteiger charge is -2.13. The summed E-state index contributed by atoms with van der Waals surface area (Å²) in [6, 6.07) is 16.5. The Hall–Kier alpha value is -3.35. The SMILES string of the molecule is O=C(COc1ccccc1-c1ccccc1)NNC(=O)C1CCC(=O)N1. The van der Waals surface area contributed by atoms with E-state index in [0.29, 0.717) is 18.6 Å². The molecule has 1 aliphatic rings. The highest BCUT2D eigenvalue weighted by molar-refractivity contribution is 5.92. The third-order valence-electron chi connectivity index (χ3n) is 3.97. The third kappa shape index (κ3) is 4.38. The molecule has 0 aliphatic carbocycles. The Bertz CT molecular complexity index is 807. The van der Waals surface area contributed by atoms with Gasteiger partial charge in [-0.1, -0.05) is 48.5 Å². The van der Waals surface area contributed by atoms with Gasteiger partial charge in [-0.25, -0.2) is 0 Å². The first-order valence-electron chi connectivity index (χ1n) is 8.29. The molecule has 7 heteroatoms. The molecule has 1 fully saturated rings. The summed E-state index contributed by atoms with van der Waals surface area (Å²) in [5.74, 6) is -0.542. The van der Waals surface area contributed by atoms with E-state index in [1.165, 1.54) is 0 Å². The van der Waals surface area contributed by atoms with Crippen molar-refractivity contribution < 1.29 is 19.1 Å². The Morgan fingerprint density at radius 3 is 2.50 bits per heavy atom. The summed E-state index contributed by atoms with van der Waals surface area (Å²) in [6.45, 7) is -0.249. The number of para-hydroxylation sites is 1. The van der Waals surface area contributed by atoms with Gasteiger partial charge in [0.25, 0.3) is 11.8 Å². The van der Waals surface area contributed by atoms with E-state index in [2.05, 4.69) is 16.2 Å². The number of nitrogens with one attached hydrogen (secondary N) is 3. The van der Waals surface area contributed by atoms with Gasteiger partial charge in [-0.3, -0.25) is 25.2 Å². The van der Waals surface area contributed by atoms with Crippen LogP contribution in [0.15, 0.2) is 54.6 Å². The molecule has 3 N–H and O–H groups in total. The maximum Gasteiger partial charge on any atom is 0.276 e. The largest absolute Gasteiger partial charge is 0.483 e. The fourth-order valence-electron chi connectivity index (χ4n) is 2.66. The van der Waals surface area contributed by atoms with Crippen molar-refractivity contribution in [3.63, 3.8) is 0 Å². The second kappa shape index (κ2) is 8.15. The quantitative estimate of drug-likeness (QED) is 0.703. The number of hydrogen-bond acceptors (Lipinski definition) is 4. The molecule has 26 heavy (non-hydrogen) atoms. The van der Waals surface area contributed by atoms with E-state index in [1.807, 2.05) is 48.5 Å². The zero-order valence-corrected chi connectivity index (χ0v) is 14.0. The average Bonchev–Trinajstić information content (AvgIpc) is 3.12. The maximum absolute atomic E-state index is 11.9. The minimum atomic E-state index is -0.609. The van der Waals surface area contributed by atoms with Gasteiger partial charge in [-0.2, -0.15) is 0 Å². The monoisotopic (exact) mass is 353 g/mol. The van der Waals surface area contributed by atoms with Gasteiger partial charge < -0.3 is 10.1 Å². The van der Waals surface area contributed by atoms with E-state index in [-0.39, 0.29) is 12.5 Å². The van der Waals surface area contributed by atoms with Crippen LogP contribution in [-0.2, 0) is 14.4 Å². The van der Waals surface area contributed by atoms with Gasteiger partial charge in [-0.05, 0) is 18.1 Å². The van der Waals surface area contributed by atoms with Crippen LogP contribution in [0.25, 0.3) is 11.1 Å². The Morgan fingerprint density at radius 1 is 1.04 bits per heavy atom. The van der Waals surface area contributed by atoms with E-state index in [9.17, 15) is 14.4 Å². The zero-order chi connectivity index (χ0) is 18.4. The van der Waals surface area contributed by atoms with Crippen LogP contribution in [0.5, 0.6) is 5.75 Å². The molecule has 7 nitrogen and oxygen atoms in total. The van der Waals surface area contributed by atoms with E-state index in [0.717, 1.165) is 11.1 Å². The van der Waals surface area contributed by atoms with Crippen LogP contribution in [0.3, 0.4) is 0 Å². The minimum Gasteiger partial charge on any atom is -0.483 e. The number of hydrazine groups is 1. The van der Waals surface area contributed by atoms with Gasteiger partial charge >= 0.3 is 0 Å². The van der Waals surface area contributed by atoms with Gasteiger partial charge in [-0.15, -0.1) is 0 Å². The summed E-state index contributed by atoms with van der Waals surface area (Å²) in [6.07, 6.45) is 0.729. The highest BCUT2D eigenvalue weighted by Gasteiger charge is 2.27. The van der Waals surface area contributed by atoms with Crippen LogP contribution >= 0.6 is 0 Å². The Morgan fingerprint density at radius 2 is 1.77 bits per heavy atom. The van der Waals surface area contributed by atoms with Crippen molar-refractivity contribution >= 4 is 17.7 Å². The lowest BCUT2D eigenvalue weighted by atomic mass is 10.1. The number of ether oxygens (including phenoxy) is 1. The topological polar surface area (TPSA) is 96.5 Å². The summed E-state index contributed by atoms with van der Waals surface area (Å²) in [4.78, 5) is 34.8. The van der Waals surface area contributed by atoms with Gasteiger partial charge in [0.15, 0.2) is 6.61 Å². The molecule has 1 heterocycles. The summed E-state index contributed by atoms with van der Waals surface area (Å²) >= 11 is 0. The number of benzene rings is 2. The lowest BCUT2D eigenvalue weighted by molar-refractivity contribution is -0.131. The van der Waals surface area contributed by atoms with Crippen LogP contribution in [0.4, 0.5) is 0 Å². The smallest absolute Gasteiger partial charge is 0.276 e. The highest BCUT2D eigenvalue weighted by atomic mass is 16.5. The fourth-order valence-corrected chi connectivity index (χ4v) is 2.66. The summed E-state index contributed by atoms with van der Waals surface area (Å²) in [5.41, 5.74) is 6.44. The zero-order valence-electron chi connectivity index (χ0n) is 14.0. The Balaban J connectivity index is 1.52. The first-order chi connectivity index (χ1) is 12.6. The average molecular weight is 353 g/mol.